The van der Waals surface area contributed by atoms with Crippen LogP contribution in [0.4, 0.5) is 0 Å². The van der Waals surface area contributed by atoms with Gasteiger partial charge in [0, 0.05) is 25.7 Å². The van der Waals surface area contributed by atoms with E-state index >= 15 is 0 Å². The summed E-state index contributed by atoms with van der Waals surface area (Å²) in [5.41, 5.74) is 0. The lowest BCUT2D eigenvalue weighted by Crippen LogP contribution is -2.30. The zero-order valence-electron chi connectivity index (χ0n) is 62.0. The minimum atomic E-state index is -4.96. The molecular weight excluding hydrogens is 1250 g/mol. The fourth-order valence-corrected chi connectivity index (χ4v) is 13.2. The van der Waals surface area contributed by atoms with Gasteiger partial charge in [0.2, 0.25) is 0 Å². The molecule has 0 aromatic carbocycles. The third kappa shape index (κ3) is 69.0. The largest absolute Gasteiger partial charge is 0.472 e. The quantitative estimate of drug-likeness (QED) is 0.0222. The molecule has 0 aliphatic rings. The molecule has 0 aliphatic heterocycles. The second-order valence-corrected chi connectivity index (χ2v) is 31.0. The zero-order valence-corrected chi connectivity index (χ0v) is 63.8. The SMILES string of the molecule is CCCCCCCCCCCCCCCCCCCCCCC(=O)O[C@H](COC(=O)CCCCCCCCCCCCCC(C)C)COP(=O)(O)OC[C@@H](O)COP(=O)(O)OC[C@@H](COC(=O)CCCCCCCCC(C)CC)OC(=O)CCCCCCCCCCCCC. The standard InChI is InChI=1S/C76H148O17P2/c1-7-10-12-14-16-18-20-21-22-23-24-25-26-27-28-32-37-41-49-55-61-76(81)92-71(64-86-73(78)58-52-46-39-35-33-29-31-34-38-44-50-56-68(4)5)66-90-94(82,83)88-62-70(77)63-89-95(84,85)91-67-72(65-87-74(79)59-53-47-43-42-45-51-57-69(6)9-3)93-75(80)60-54-48-40-36-30-19-17-15-13-11-8-2/h68-72,77H,7-67H2,1-6H3,(H,82,83)(H,84,85)/t69?,70-,71-,72-/m1/s1. The number of hydrogen-bond donors (Lipinski definition) is 3. The average Bonchev–Trinajstić information content (AvgIpc) is 1.81. The predicted molar refractivity (Wildman–Crippen MR) is 386 cm³/mol. The highest BCUT2D eigenvalue weighted by molar-refractivity contribution is 7.47. The second-order valence-electron chi connectivity index (χ2n) is 28.1. The topological polar surface area (TPSA) is 237 Å². The summed E-state index contributed by atoms with van der Waals surface area (Å²) < 4.78 is 68.5. The van der Waals surface area contributed by atoms with Crippen LogP contribution in [0.2, 0.25) is 0 Å². The maximum atomic E-state index is 13.1. The molecule has 19 heteroatoms. The van der Waals surface area contributed by atoms with E-state index in [0.29, 0.717) is 25.7 Å². The van der Waals surface area contributed by atoms with Crippen LogP contribution in [0.3, 0.4) is 0 Å². The van der Waals surface area contributed by atoms with E-state index in [-0.39, 0.29) is 25.7 Å². The number of phosphoric ester groups is 2. The number of rotatable bonds is 75. The summed E-state index contributed by atoms with van der Waals surface area (Å²) in [4.78, 5) is 72.8. The molecular formula is C76H148O17P2. The normalized spacial score (nSPS) is 14.3. The highest BCUT2D eigenvalue weighted by Crippen LogP contribution is 2.45. The molecule has 0 saturated heterocycles. The number of phosphoric acid groups is 2. The molecule has 0 aliphatic carbocycles. The summed E-state index contributed by atoms with van der Waals surface area (Å²) in [6.45, 7) is 9.55. The summed E-state index contributed by atoms with van der Waals surface area (Å²) in [5, 5.41) is 10.6. The van der Waals surface area contributed by atoms with E-state index in [1.54, 1.807) is 0 Å². The molecule has 3 unspecified atom stereocenters. The van der Waals surface area contributed by atoms with E-state index in [9.17, 15) is 43.2 Å². The molecule has 0 fully saturated rings. The number of carbonyl (C=O) groups excluding carboxylic acids is 4. The van der Waals surface area contributed by atoms with Gasteiger partial charge in [0.15, 0.2) is 12.2 Å². The number of esters is 4. The van der Waals surface area contributed by atoms with Crippen molar-refractivity contribution in [1.29, 1.82) is 0 Å². The summed E-state index contributed by atoms with van der Waals surface area (Å²) in [6.07, 6.45) is 55.6. The Bertz CT molecular complexity index is 1840. The minimum absolute atomic E-state index is 0.106. The van der Waals surface area contributed by atoms with Crippen LogP contribution in [0.15, 0.2) is 0 Å². The first-order chi connectivity index (χ1) is 45.9. The molecule has 6 atom stereocenters. The molecule has 0 aromatic rings. The van der Waals surface area contributed by atoms with Gasteiger partial charge >= 0.3 is 39.5 Å². The van der Waals surface area contributed by atoms with E-state index in [0.717, 1.165) is 108 Å². The van der Waals surface area contributed by atoms with Crippen molar-refractivity contribution in [3.05, 3.63) is 0 Å². The first-order valence-electron chi connectivity index (χ1n) is 39.5. The lowest BCUT2D eigenvalue weighted by molar-refractivity contribution is -0.161. The minimum Gasteiger partial charge on any atom is -0.462 e. The molecule has 0 radical (unpaired) electrons. The lowest BCUT2D eigenvalue weighted by atomic mass is 10.00. The number of aliphatic hydroxyl groups excluding tert-OH is 1. The van der Waals surface area contributed by atoms with Crippen LogP contribution >= 0.6 is 15.6 Å². The van der Waals surface area contributed by atoms with Gasteiger partial charge < -0.3 is 33.8 Å². The Balaban J connectivity index is 5.21. The number of ether oxygens (including phenoxy) is 4. The van der Waals surface area contributed by atoms with E-state index < -0.39 is 97.5 Å². The van der Waals surface area contributed by atoms with E-state index in [4.69, 9.17) is 37.0 Å². The Kier molecular flexibility index (Phi) is 66.5. The number of unbranched alkanes of at least 4 members (excludes halogenated alkanes) is 44. The average molecular weight is 1400 g/mol. The van der Waals surface area contributed by atoms with Crippen LogP contribution < -0.4 is 0 Å². The van der Waals surface area contributed by atoms with Crippen molar-refractivity contribution >= 4 is 39.5 Å². The first-order valence-corrected chi connectivity index (χ1v) is 42.5. The first kappa shape index (κ1) is 93.1. The number of aliphatic hydroxyl groups is 1. The van der Waals surface area contributed by atoms with Gasteiger partial charge in [-0.25, -0.2) is 9.13 Å². The Hall–Kier alpha value is -1.94. The molecule has 0 rings (SSSR count). The van der Waals surface area contributed by atoms with Crippen molar-refractivity contribution < 1.29 is 80.2 Å². The molecule has 0 bridgehead atoms. The maximum absolute atomic E-state index is 13.1. The van der Waals surface area contributed by atoms with Crippen LogP contribution in [0.1, 0.15) is 395 Å². The van der Waals surface area contributed by atoms with Crippen molar-refractivity contribution in [2.24, 2.45) is 11.8 Å². The van der Waals surface area contributed by atoms with Crippen molar-refractivity contribution in [3.63, 3.8) is 0 Å². The van der Waals surface area contributed by atoms with E-state index in [1.165, 1.54) is 205 Å². The predicted octanol–water partition coefficient (Wildman–Crippen LogP) is 22.3. The molecule has 0 amide bonds. The van der Waals surface area contributed by atoms with Crippen LogP contribution in [0.25, 0.3) is 0 Å². The molecule has 0 aromatic heterocycles. The van der Waals surface area contributed by atoms with Crippen LogP contribution in [-0.4, -0.2) is 96.7 Å². The van der Waals surface area contributed by atoms with Crippen LogP contribution in [-0.2, 0) is 65.4 Å². The molecule has 17 nitrogen and oxygen atoms in total. The van der Waals surface area contributed by atoms with Gasteiger partial charge in [-0.05, 0) is 37.5 Å². The molecule has 0 heterocycles. The Morgan fingerprint density at radius 3 is 0.800 bits per heavy atom. The summed E-state index contributed by atoms with van der Waals surface area (Å²) >= 11 is 0. The molecule has 95 heavy (non-hydrogen) atoms. The number of hydrogen-bond acceptors (Lipinski definition) is 15. The van der Waals surface area contributed by atoms with Crippen molar-refractivity contribution in [1.82, 2.24) is 0 Å². The van der Waals surface area contributed by atoms with Gasteiger partial charge in [-0.2, -0.15) is 0 Å². The lowest BCUT2D eigenvalue weighted by Gasteiger charge is -2.21. The van der Waals surface area contributed by atoms with Crippen LogP contribution in [0, 0.1) is 11.8 Å². The van der Waals surface area contributed by atoms with Gasteiger partial charge in [0.1, 0.15) is 19.3 Å². The molecule has 3 N–H and O–H groups in total. The highest BCUT2D eigenvalue weighted by Gasteiger charge is 2.30. The Labute approximate surface area is 581 Å². The van der Waals surface area contributed by atoms with Gasteiger partial charge in [0.05, 0.1) is 26.4 Å². The summed E-state index contributed by atoms with van der Waals surface area (Å²) in [5.74, 6) is -0.615. The third-order valence-corrected chi connectivity index (χ3v) is 20.0. The van der Waals surface area contributed by atoms with Gasteiger partial charge in [-0.15, -0.1) is 0 Å². The fourth-order valence-electron chi connectivity index (χ4n) is 11.6. The van der Waals surface area contributed by atoms with E-state index in [2.05, 4.69) is 41.5 Å². The van der Waals surface area contributed by atoms with Gasteiger partial charge in [-0.3, -0.25) is 37.3 Å². The molecule has 564 valence electrons. The fraction of sp³-hybridized carbons (Fsp3) is 0.947. The third-order valence-electron chi connectivity index (χ3n) is 18.1. The smallest absolute Gasteiger partial charge is 0.462 e. The zero-order chi connectivity index (χ0) is 70.0. The van der Waals surface area contributed by atoms with Crippen molar-refractivity contribution in [2.75, 3.05) is 39.6 Å². The molecule has 0 saturated carbocycles. The van der Waals surface area contributed by atoms with E-state index in [1.807, 2.05) is 0 Å². The second kappa shape index (κ2) is 67.9. The Morgan fingerprint density at radius 2 is 0.537 bits per heavy atom. The van der Waals surface area contributed by atoms with Crippen molar-refractivity contribution in [3.8, 4) is 0 Å². The summed E-state index contributed by atoms with van der Waals surface area (Å²) in [7, 11) is -9.91. The van der Waals surface area contributed by atoms with Crippen molar-refractivity contribution in [2.45, 2.75) is 413 Å². The molecule has 0 spiro atoms. The Morgan fingerprint density at radius 1 is 0.305 bits per heavy atom. The highest BCUT2D eigenvalue weighted by atomic mass is 31.2. The number of carbonyl (C=O) groups is 4. The maximum Gasteiger partial charge on any atom is 0.472 e. The monoisotopic (exact) mass is 1400 g/mol. The van der Waals surface area contributed by atoms with Gasteiger partial charge in [0.25, 0.3) is 0 Å². The van der Waals surface area contributed by atoms with Crippen LogP contribution in [0.5, 0.6) is 0 Å². The summed E-state index contributed by atoms with van der Waals surface area (Å²) in [6, 6.07) is 0. The van der Waals surface area contributed by atoms with Gasteiger partial charge in [-0.1, -0.05) is 343 Å².